The number of nitrogen functional groups attached to an aromatic ring is 1. The smallest absolute Gasteiger partial charge is 0.481 e. The highest BCUT2D eigenvalue weighted by Gasteiger charge is 2.51. The Morgan fingerprint density at radius 2 is 1.51 bits per heavy atom. The number of aliphatic carboxylic acids is 1. The molecule has 1 aliphatic rings. The lowest BCUT2D eigenvalue weighted by molar-refractivity contribution is -0.141. The van der Waals surface area contributed by atoms with E-state index in [0.717, 1.165) is 20.2 Å². The fraction of sp³-hybridized carbons (Fsp3) is 0.619. The van der Waals surface area contributed by atoms with Crippen molar-refractivity contribution in [2.75, 3.05) is 50.6 Å². The second-order valence-corrected chi connectivity index (χ2v) is 20.4. The Hall–Kier alpha value is -7.22. The summed E-state index contributed by atoms with van der Waals surface area (Å²) in [6, 6.07) is -9.67. The number of nitrogens with two attached hydrogens (primary N) is 5. The topological polar surface area (TPSA) is 582 Å². The van der Waals surface area contributed by atoms with Crippen molar-refractivity contribution in [2.24, 2.45) is 27.9 Å². The lowest BCUT2D eigenvalue weighted by atomic mass is 10.1. The van der Waals surface area contributed by atoms with Gasteiger partial charge in [0.1, 0.15) is 79.6 Å². The molecule has 0 spiro atoms. The van der Waals surface area contributed by atoms with Crippen LogP contribution in [0.1, 0.15) is 58.6 Å². The second-order valence-electron chi connectivity index (χ2n) is 17.7. The molecule has 12 atom stereocenters. The van der Waals surface area contributed by atoms with Crippen LogP contribution >= 0.6 is 19.9 Å². The predicted molar refractivity (Wildman–Crippen MR) is 280 cm³/mol. The van der Waals surface area contributed by atoms with E-state index >= 15 is 0 Å². The quantitative estimate of drug-likeness (QED) is 0.00990. The molecule has 1 aliphatic heterocycles. The van der Waals surface area contributed by atoms with Crippen molar-refractivity contribution in [3.05, 3.63) is 12.7 Å². The third-order valence-electron chi connectivity index (χ3n) is 11.4. The van der Waals surface area contributed by atoms with Gasteiger partial charge in [-0.1, -0.05) is 0 Å². The standard InChI is InChI=1S/C42H69N18O18PS/c1-19(35(69)57-24(13-28(65)66)39(73)59-79(75,76-10-5-8-43)77-15-25-31(67)32(68)41(78-25)60-17-52-30-33(45)50-16-51-34(30)60)54-38(72)23(12-26(44)63)55-27(64)14-49-40(74)29(20(2)62)58-37(71)22(6-4-9-48-42(46)47)56-36(70)21(53-18-61)7-11-80-3/h16-25,29,31-32,41,62,67-68,75H,4-15,43H2,1-3H3,(H16-,44,45,46,47,48,49,50,51,53,54,55,56,57,58,59,61,63,64,65,66,69,70,71,72,73,74)/p+1. The number of fused-ring (bicyclic) bond motifs is 1. The molecule has 0 aliphatic carbocycles. The van der Waals surface area contributed by atoms with Crippen LogP contribution in [-0.2, 0) is 61.7 Å². The Kier molecular flexibility index (Phi) is 27.5. The Morgan fingerprint density at radius 1 is 0.850 bits per heavy atom. The SMILES string of the molecule is CSCCC(NC=O)C(=O)NC(CCCN=C(N)N)C(=O)NC(C(=O)NCC(=O)NC(CC(N)=O)C(=O)NC(C)C(=O)NC(CC(=O)O)C(=O)N[P+](O)(OCCCN)OCC1OC(n2cnc3c(N)ncnc32)C(O)C1O)C(C)O. The number of nitrogens with zero attached hydrogens (tertiary/aromatic N) is 5. The fourth-order valence-corrected chi connectivity index (χ4v) is 9.06. The van der Waals surface area contributed by atoms with Gasteiger partial charge in [0.05, 0.1) is 31.8 Å². The average molecular weight is 1180 g/mol. The van der Waals surface area contributed by atoms with Crippen LogP contribution in [0.3, 0.4) is 0 Å². The van der Waals surface area contributed by atoms with Crippen LogP contribution in [0, 0.1) is 0 Å². The van der Waals surface area contributed by atoms with Gasteiger partial charge in [-0.25, -0.2) is 15.0 Å². The van der Waals surface area contributed by atoms with Crippen LogP contribution in [0.25, 0.3) is 11.2 Å². The summed E-state index contributed by atoms with van der Waals surface area (Å²) in [7, 11) is -4.64. The van der Waals surface area contributed by atoms with Crippen molar-refractivity contribution in [2.45, 2.75) is 119 Å². The van der Waals surface area contributed by atoms with Gasteiger partial charge in [0.25, 0.3) is 5.91 Å². The van der Waals surface area contributed by atoms with Gasteiger partial charge >= 0.3 is 14.1 Å². The molecular weight excluding hydrogens is 1110 g/mol. The molecule has 9 amide bonds. The minimum atomic E-state index is -4.64. The fourth-order valence-electron chi connectivity index (χ4n) is 7.22. The van der Waals surface area contributed by atoms with E-state index in [4.69, 9.17) is 42.5 Å². The maximum Gasteiger partial charge on any atom is 0.528 e. The van der Waals surface area contributed by atoms with Gasteiger partial charge in [0, 0.05) is 6.54 Å². The summed E-state index contributed by atoms with van der Waals surface area (Å²) in [6.07, 6.45) is -4.88. The first-order valence-electron chi connectivity index (χ1n) is 24.3. The number of amides is 9. The van der Waals surface area contributed by atoms with Gasteiger partial charge in [0.15, 0.2) is 23.7 Å². The number of anilines is 1. The van der Waals surface area contributed by atoms with E-state index in [9.17, 15) is 73.3 Å². The lowest BCUT2D eigenvalue weighted by Crippen LogP contribution is -2.59. The number of carbonyl (C=O) groups is 10. The van der Waals surface area contributed by atoms with Crippen LogP contribution in [0.15, 0.2) is 17.6 Å². The predicted octanol–water partition coefficient (Wildman–Crippen LogP) is -8.59. The molecule has 0 bridgehead atoms. The highest BCUT2D eigenvalue weighted by atomic mass is 32.2. The minimum absolute atomic E-state index is 0.0160. The van der Waals surface area contributed by atoms with Crippen molar-refractivity contribution >= 4 is 102 Å². The zero-order valence-corrected chi connectivity index (χ0v) is 45.3. The summed E-state index contributed by atoms with van der Waals surface area (Å²) in [6.45, 7) is 0.204. The number of thioether (sulfide) groups is 1. The van der Waals surface area contributed by atoms with Gasteiger partial charge in [-0.3, -0.25) is 57.5 Å². The summed E-state index contributed by atoms with van der Waals surface area (Å²) < 4.78 is 18.0. The number of carbonyl (C=O) groups excluding carboxylic acids is 9. The molecule has 0 saturated carbocycles. The van der Waals surface area contributed by atoms with Crippen LogP contribution in [0.2, 0.25) is 0 Å². The maximum atomic E-state index is 13.6. The number of imidazole rings is 1. The molecule has 2 aromatic heterocycles. The molecule has 0 aromatic carbocycles. The zero-order chi connectivity index (χ0) is 59.9. The summed E-state index contributed by atoms with van der Waals surface area (Å²) >= 11 is 1.39. The van der Waals surface area contributed by atoms with E-state index in [1.807, 2.05) is 5.09 Å². The highest BCUT2D eigenvalue weighted by Crippen LogP contribution is 2.53. The van der Waals surface area contributed by atoms with Gasteiger partial charge in [-0.2, -0.15) is 25.7 Å². The third-order valence-corrected chi connectivity index (χ3v) is 13.5. The first-order valence-corrected chi connectivity index (χ1v) is 27.3. The molecule has 23 N–H and O–H groups in total. The number of hydrogen-bond acceptors (Lipinski definition) is 24. The first kappa shape index (κ1) is 67.1. The van der Waals surface area contributed by atoms with Gasteiger partial charge < -0.3 is 91.0 Å². The number of guanidine groups is 1. The van der Waals surface area contributed by atoms with Crippen LogP contribution in [-0.4, -0.2) is 216 Å². The first-order chi connectivity index (χ1) is 37.7. The molecule has 38 heteroatoms. The summed E-state index contributed by atoms with van der Waals surface area (Å²) in [5, 5.41) is 59.7. The van der Waals surface area contributed by atoms with Gasteiger partial charge in [0.2, 0.25) is 47.8 Å². The number of primary amides is 1. The molecule has 0 radical (unpaired) electrons. The number of hydrogen-bond donors (Lipinski definition) is 18. The van der Waals surface area contributed by atoms with E-state index in [0.29, 0.717) is 12.2 Å². The number of aromatic nitrogens is 4. The van der Waals surface area contributed by atoms with Crippen molar-refractivity contribution < 1.29 is 87.0 Å². The number of rotatable bonds is 36. The number of aliphatic imine (C=N–C) groups is 1. The molecule has 446 valence electrons. The molecule has 36 nitrogen and oxygen atoms in total. The summed E-state index contributed by atoms with van der Waals surface area (Å²) in [5.41, 5.74) is 27.8. The van der Waals surface area contributed by atoms with Crippen molar-refractivity contribution in [3.63, 3.8) is 0 Å². The van der Waals surface area contributed by atoms with Crippen LogP contribution in [0.5, 0.6) is 0 Å². The second kappa shape index (κ2) is 32.8. The minimum Gasteiger partial charge on any atom is -0.481 e. The normalized spacial score (nSPS) is 19.2. The van der Waals surface area contributed by atoms with Crippen molar-refractivity contribution in [1.82, 2.24) is 61.8 Å². The molecular formula is C42H70N18O18PS+. The van der Waals surface area contributed by atoms with Gasteiger partial charge in [-0.15, -0.1) is 5.09 Å². The maximum absolute atomic E-state index is 13.6. The zero-order valence-electron chi connectivity index (χ0n) is 43.6. The number of aliphatic hydroxyl groups excluding tert-OH is 3. The lowest BCUT2D eigenvalue weighted by Gasteiger charge is -2.26. The van der Waals surface area contributed by atoms with E-state index in [1.165, 1.54) is 22.7 Å². The molecule has 3 heterocycles. The molecule has 12 unspecified atom stereocenters. The average Bonchev–Trinajstić information content (AvgIpc) is 3.94. The number of carboxylic acid groups (broad SMARTS) is 1. The highest BCUT2D eigenvalue weighted by molar-refractivity contribution is 7.98. The largest absolute Gasteiger partial charge is 0.528 e. The van der Waals surface area contributed by atoms with E-state index in [-0.39, 0.29) is 68.3 Å². The Morgan fingerprint density at radius 3 is 2.14 bits per heavy atom. The molecule has 3 rings (SSSR count). The Balaban J connectivity index is 1.68. The van der Waals surface area contributed by atoms with Crippen LogP contribution < -0.4 is 71.0 Å². The number of carboxylic acids is 1. The van der Waals surface area contributed by atoms with Gasteiger partial charge in [-0.05, 0) is 58.1 Å². The number of nitrogens with one attached hydrogen (secondary N) is 8. The third kappa shape index (κ3) is 21.1. The van der Waals surface area contributed by atoms with Crippen molar-refractivity contribution in [3.8, 4) is 0 Å². The van der Waals surface area contributed by atoms with E-state index < -0.39 is 154 Å². The summed E-state index contributed by atoms with van der Waals surface area (Å²) in [5.74, 6) is -10.4. The van der Waals surface area contributed by atoms with Crippen molar-refractivity contribution in [1.29, 1.82) is 0 Å². The Labute approximate surface area is 460 Å². The van der Waals surface area contributed by atoms with Crippen LogP contribution in [0.4, 0.5) is 5.82 Å². The Bertz CT molecular complexity index is 2510. The molecule has 1 saturated heterocycles. The monoisotopic (exact) mass is 1180 g/mol. The van der Waals surface area contributed by atoms with E-state index in [2.05, 4.69) is 57.2 Å². The summed E-state index contributed by atoms with van der Waals surface area (Å²) in [4.78, 5) is 156. The molecule has 1 fully saturated rings. The number of ether oxygens (including phenoxy) is 1. The molecule has 80 heavy (non-hydrogen) atoms. The van der Waals surface area contributed by atoms with E-state index in [1.54, 1.807) is 6.26 Å². The number of aliphatic hydroxyl groups is 3. The molecule has 2 aromatic rings.